The van der Waals surface area contributed by atoms with Gasteiger partial charge in [0.1, 0.15) is 17.3 Å². The molecule has 0 unspecified atom stereocenters. The van der Waals surface area contributed by atoms with Crippen LogP contribution in [-0.4, -0.2) is 26.0 Å². The smallest absolute Gasteiger partial charge is 0.259 e. The van der Waals surface area contributed by atoms with Crippen molar-refractivity contribution in [3.8, 4) is 22.6 Å². The fourth-order valence-electron chi connectivity index (χ4n) is 2.47. The van der Waals surface area contributed by atoms with Crippen LogP contribution in [0.5, 0.6) is 11.5 Å². The van der Waals surface area contributed by atoms with E-state index in [-0.39, 0.29) is 16.7 Å². The Morgan fingerprint density at radius 2 is 1.55 bits per heavy atom. The van der Waals surface area contributed by atoms with E-state index in [2.05, 4.69) is 5.32 Å². The van der Waals surface area contributed by atoms with Crippen LogP contribution in [0.25, 0.3) is 11.1 Å². The molecule has 0 spiro atoms. The average Bonchev–Trinajstić information content (AvgIpc) is 2.81. The molecular weight excluding hydrogens is 289 g/mol. The Balaban J connectivity index is 2.30. The Kier molecular flexibility index (Phi) is 3.29. The lowest BCUT2D eigenvalue weighted by Crippen LogP contribution is -2.20. The average molecular weight is 301 g/mol. The van der Waals surface area contributed by atoms with E-state index in [0.717, 1.165) is 6.07 Å². The second-order valence-electron chi connectivity index (χ2n) is 4.73. The van der Waals surface area contributed by atoms with Crippen LogP contribution in [-0.2, 0) is 0 Å². The van der Waals surface area contributed by atoms with Gasteiger partial charge >= 0.3 is 0 Å². The van der Waals surface area contributed by atoms with E-state index in [1.54, 1.807) is 18.2 Å². The molecule has 1 aliphatic rings. The molecule has 5 nitrogen and oxygen atoms in total. The molecule has 2 amide bonds. The number of rotatable bonds is 3. The van der Waals surface area contributed by atoms with Gasteiger partial charge in [0, 0.05) is 11.6 Å². The lowest BCUT2D eigenvalue weighted by Gasteiger charge is -2.11. The molecule has 22 heavy (non-hydrogen) atoms. The van der Waals surface area contributed by atoms with Gasteiger partial charge in [0.15, 0.2) is 0 Å². The third kappa shape index (κ3) is 2.09. The zero-order valence-electron chi connectivity index (χ0n) is 11.9. The molecular formula is C16H12FNO4. The van der Waals surface area contributed by atoms with Crippen molar-refractivity contribution in [1.82, 2.24) is 5.32 Å². The summed E-state index contributed by atoms with van der Waals surface area (Å²) in [5.74, 6) is -0.835. The first kappa shape index (κ1) is 14.1. The van der Waals surface area contributed by atoms with E-state index in [0.29, 0.717) is 17.1 Å². The molecule has 0 aliphatic carbocycles. The first-order valence-electron chi connectivity index (χ1n) is 6.46. The first-order chi connectivity index (χ1) is 10.5. The molecule has 112 valence electrons. The van der Waals surface area contributed by atoms with Gasteiger partial charge in [0.05, 0.1) is 25.3 Å². The van der Waals surface area contributed by atoms with Crippen LogP contribution >= 0.6 is 0 Å². The molecule has 1 N–H and O–H groups in total. The second kappa shape index (κ2) is 5.14. The lowest BCUT2D eigenvalue weighted by molar-refractivity contribution is 0.0879. The highest BCUT2D eigenvalue weighted by Crippen LogP contribution is 2.36. The van der Waals surface area contributed by atoms with Crippen LogP contribution < -0.4 is 14.8 Å². The van der Waals surface area contributed by atoms with Gasteiger partial charge in [-0.2, -0.15) is 0 Å². The van der Waals surface area contributed by atoms with Gasteiger partial charge in [0.25, 0.3) is 11.8 Å². The zero-order chi connectivity index (χ0) is 15.9. The third-order valence-electron chi connectivity index (χ3n) is 3.49. The highest BCUT2D eigenvalue weighted by atomic mass is 19.1. The van der Waals surface area contributed by atoms with Crippen molar-refractivity contribution in [1.29, 1.82) is 0 Å². The Labute approximate surface area is 125 Å². The first-order valence-corrected chi connectivity index (χ1v) is 6.46. The maximum Gasteiger partial charge on any atom is 0.259 e. The summed E-state index contributed by atoms with van der Waals surface area (Å²) in [7, 11) is 2.95. The molecule has 2 aromatic rings. The van der Waals surface area contributed by atoms with Crippen molar-refractivity contribution in [2.75, 3.05) is 14.2 Å². The van der Waals surface area contributed by atoms with Crippen LogP contribution in [0.3, 0.4) is 0 Å². The minimum absolute atomic E-state index is 0.0281. The van der Waals surface area contributed by atoms with Crippen LogP contribution in [0.1, 0.15) is 20.7 Å². The van der Waals surface area contributed by atoms with E-state index in [1.165, 1.54) is 20.3 Å². The summed E-state index contributed by atoms with van der Waals surface area (Å²) in [5.41, 5.74) is 0.636. The molecule has 3 rings (SSSR count). The number of halogens is 1. The number of carbonyl (C=O) groups excluding carboxylic acids is 2. The molecule has 1 heterocycles. The highest BCUT2D eigenvalue weighted by molar-refractivity contribution is 6.24. The van der Waals surface area contributed by atoms with Crippen molar-refractivity contribution in [2.24, 2.45) is 0 Å². The third-order valence-corrected chi connectivity index (χ3v) is 3.49. The maximum absolute atomic E-state index is 14.3. The minimum Gasteiger partial charge on any atom is -0.497 e. The summed E-state index contributed by atoms with van der Waals surface area (Å²) < 4.78 is 24.6. The highest BCUT2D eigenvalue weighted by Gasteiger charge is 2.32. The summed E-state index contributed by atoms with van der Waals surface area (Å²) in [6.07, 6.45) is 0. The molecule has 0 bridgehead atoms. The minimum atomic E-state index is -0.615. The number of benzene rings is 2. The standard InChI is InChI=1S/C16H12FNO4/c1-21-9-5-8(6-10(7-9)22-2)13-12(17)4-3-11-14(13)16(20)18-15(11)19/h3-7H,1-2H3,(H,18,19,20). The molecule has 0 radical (unpaired) electrons. The summed E-state index contributed by atoms with van der Waals surface area (Å²) >= 11 is 0. The van der Waals surface area contributed by atoms with Crippen molar-refractivity contribution in [3.63, 3.8) is 0 Å². The Hall–Kier alpha value is -2.89. The zero-order valence-corrected chi connectivity index (χ0v) is 11.9. The number of ether oxygens (including phenoxy) is 2. The van der Waals surface area contributed by atoms with Gasteiger partial charge in [-0.05, 0) is 29.8 Å². The molecule has 1 aliphatic heterocycles. The summed E-state index contributed by atoms with van der Waals surface area (Å²) in [4.78, 5) is 23.7. The van der Waals surface area contributed by atoms with Crippen LogP contribution in [0, 0.1) is 5.82 Å². The molecule has 0 saturated carbocycles. The van der Waals surface area contributed by atoms with Gasteiger partial charge in [-0.1, -0.05) is 0 Å². The van der Waals surface area contributed by atoms with E-state index < -0.39 is 17.6 Å². The number of fused-ring (bicyclic) bond motifs is 1. The number of imide groups is 1. The predicted octanol–water partition coefficient (Wildman–Crippen LogP) is 2.39. The van der Waals surface area contributed by atoms with Crippen molar-refractivity contribution >= 4 is 11.8 Å². The van der Waals surface area contributed by atoms with Gasteiger partial charge < -0.3 is 9.47 Å². The molecule has 0 saturated heterocycles. The molecule has 0 fully saturated rings. The number of nitrogens with one attached hydrogen (secondary N) is 1. The van der Waals surface area contributed by atoms with E-state index >= 15 is 0 Å². The Bertz CT molecular complexity index is 779. The van der Waals surface area contributed by atoms with Gasteiger partial charge in [-0.3, -0.25) is 14.9 Å². The summed E-state index contributed by atoms with van der Waals surface area (Å²) in [6, 6.07) is 7.26. The predicted molar refractivity (Wildman–Crippen MR) is 76.7 cm³/mol. The van der Waals surface area contributed by atoms with Gasteiger partial charge in [0.2, 0.25) is 0 Å². The topological polar surface area (TPSA) is 64.6 Å². The van der Waals surface area contributed by atoms with E-state index in [4.69, 9.17) is 9.47 Å². The summed E-state index contributed by atoms with van der Waals surface area (Å²) in [6.45, 7) is 0. The van der Waals surface area contributed by atoms with Crippen molar-refractivity contribution in [2.45, 2.75) is 0 Å². The number of carbonyl (C=O) groups is 2. The quantitative estimate of drug-likeness (QED) is 0.884. The lowest BCUT2D eigenvalue weighted by atomic mass is 9.95. The monoisotopic (exact) mass is 301 g/mol. The number of amides is 2. The Morgan fingerprint density at radius 1 is 0.909 bits per heavy atom. The normalized spacial score (nSPS) is 12.9. The molecule has 2 aromatic carbocycles. The second-order valence-corrected chi connectivity index (χ2v) is 4.73. The maximum atomic E-state index is 14.3. The molecule has 6 heteroatoms. The fraction of sp³-hybridized carbons (Fsp3) is 0.125. The molecule has 0 aromatic heterocycles. The number of hydrogen-bond donors (Lipinski definition) is 1. The number of hydrogen-bond acceptors (Lipinski definition) is 4. The number of methoxy groups -OCH3 is 2. The van der Waals surface area contributed by atoms with Crippen LogP contribution in [0.4, 0.5) is 4.39 Å². The Morgan fingerprint density at radius 3 is 2.14 bits per heavy atom. The van der Waals surface area contributed by atoms with E-state index in [9.17, 15) is 14.0 Å². The van der Waals surface area contributed by atoms with Gasteiger partial charge in [-0.25, -0.2) is 4.39 Å². The van der Waals surface area contributed by atoms with Crippen molar-refractivity contribution in [3.05, 3.63) is 47.3 Å². The SMILES string of the molecule is COc1cc(OC)cc(-c2c(F)ccc3c2C(=O)NC3=O)c1. The van der Waals surface area contributed by atoms with E-state index in [1.807, 2.05) is 0 Å². The fourth-order valence-corrected chi connectivity index (χ4v) is 2.47. The van der Waals surface area contributed by atoms with Crippen LogP contribution in [0.15, 0.2) is 30.3 Å². The summed E-state index contributed by atoms with van der Waals surface area (Å²) in [5, 5.41) is 2.17. The van der Waals surface area contributed by atoms with Crippen LogP contribution in [0.2, 0.25) is 0 Å². The van der Waals surface area contributed by atoms with Crippen molar-refractivity contribution < 1.29 is 23.5 Å². The van der Waals surface area contributed by atoms with Gasteiger partial charge in [-0.15, -0.1) is 0 Å². The largest absolute Gasteiger partial charge is 0.497 e. The molecule has 0 atom stereocenters.